The number of hydrogen-bond acceptors (Lipinski definition) is 2. The van der Waals surface area contributed by atoms with Crippen LogP contribution in [0.1, 0.15) is 24.8 Å². The lowest BCUT2D eigenvalue weighted by atomic mass is 10.0. The first-order valence-corrected chi connectivity index (χ1v) is 6.80. The molecule has 0 aliphatic heterocycles. The second-order valence-corrected chi connectivity index (χ2v) is 4.60. The Bertz CT molecular complexity index is 642. The quantitative estimate of drug-likeness (QED) is 0.479. The average molecular weight is 266 g/mol. The largest absolute Gasteiger partial charge is 0.469 e. The smallest absolute Gasteiger partial charge is 0.305 e. The number of methoxy groups -OCH3 is 1. The number of ether oxygens (including phenoxy) is 1. The predicted molar refractivity (Wildman–Crippen MR) is 81.3 cm³/mol. The molecule has 102 valence electrons. The fourth-order valence-electron chi connectivity index (χ4n) is 2.12. The van der Waals surface area contributed by atoms with E-state index in [1.165, 1.54) is 23.4 Å². The Morgan fingerprint density at radius 2 is 1.90 bits per heavy atom. The molecule has 0 saturated carbocycles. The van der Waals surface area contributed by atoms with E-state index >= 15 is 0 Å². The van der Waals surface area contributed by atoms with Crippen LogP contribution in [-0.2, 0) is 16.0 Å². The molecule has 0 heterocycles. The first-order chi connectivity index (χ1) is 9.81. The zero-order chi connectivity index (χ0) is 14.2. The molecular weight excluding hydrogens is 248 g/mol. The van der Waals surface area contributed by atoms with Gasteiger partial charge in [-0.3, -0.25) is 4.79 Å². The maximum Gasteiger partial charge on any atom is 0.305 e. The van der Waals surface area contributed by atoms with Crippen molar-refractivity contribution in [2.24, 2.45) is 0 Å². The van der Waals surface area contributed by atoms with Crippen molar-refractivity contribution >= 4 is 16.7 Å². The van der Waals surface area contributed by atoms with Gasteiger partial charge in [-0.1, -0.05) is 48.4 Å². The molecule has 0 radical (unpaired) electrons. The monoisotopic (exact) mass is 266 g/mol. The first-order valence-electron chi connectivity index (χ1n) is 6.80. The number of unbranched alkanes of at least 4 members (excludes halogenated alkanes) is 1. The van der Waals surface area contributed by atoms with Crippen molar-refractivity contribution < 1.29 is 9.53 Å². The van der Waals surface area contributed by atoms with Crippen molar-refractivity contribution in [3.63, 3.8) is 0 Å². The zero-order valence-corrected chi connectivity index (χ0v) is 11.7. The molecule has 0 atom stereocenters. The topological polar surface area (TPSA) is 26.3 Å². The maximum absolute atomic E-state index is 10.9. The fourth-order valence-corrected chi connectivity index (χ4v) is 2.12. The van der Waals surface area contributed by atoms with Crippen LogP contribution >= 0.6 is 0 Å². The molecule has 0 N–H and O–H groups in total. The number of hydrogen-bond donors (Lipinski definition) is 0. The van der Waals surface area contributed by atoms with Gasteiger partial charge in [-0.05, 0) is 22.8 Å². The Kier molecular flexibility index (Phi) is 5.20. The lowest BCUT2D eigenvalue weighted by molar-refractivity contribution is -0.140. The van der Waals surface area contributed by atoms with Crippen molar-refractivity contribution in [2.45, 2.75) is 25.7 Å². The first kappa shape index (κ1) is 14.1. The summed E-state index contributed by atoms with van der Waals surface area (Å²) >= 11 is 0. The molecule has 2 rings (SSSR count). The molecule has 0 saturated heterocycles. The van der Waals surface area contributed by atoms with E-state index in [2.05, 4.69) is 53.0 Å². The molecule has 20 heavy (non-hydrogen) atoms. The standard InChI is InChI=1S/C18H18O2/c1-20-18(19)14-5-3-2-4-9-15-11-8-12-16-10-6-7-13-17(15)16/h6-8,10-13H,3,5,9,14H2,1H3. The highest BCUT2D eigenvalue weighted by Crippen LogP contribution is 2.18. The number of rotatable bonds is 4. The lowest BCUT2D eigenvalue weighted by Gasteiger charge is -2.02. The van der Waals surface area contributed by atoms with Gasteiger partial charge in [0.15, 0.2) is 0 Å². The third kappa shape index (κ3) is 3.86. The molecule has 0 fully saturated rings. The van der Waals surface area contributed by atoms with E-state index in [0.29, 0.717) is 6.42 Å². The van der Waals surface area contributed by atoms with Gasteiger partial charge in [0.1, 0.15) is 0 Å². The molecule has 2 aromatic rings. The van der Waals surface area contributed by atoms with E-state index in [-0.39, 0.29) is 5.97 Å². The van der Waals surface area contributed by atoms with Crippen molar-refractivity contribution in [3.05, 3.63) is 48.0 Å². The Morgan fingerprint density at radius 1 is 1.10 bits per heavy atom. The van der Waals surface area contributed by atoms with E-state index in [0.717, 1.165) is 19.3 Å². The SMILES string of the molecule is COC(=O)CCCC#CCc1cccc2ccccc12. The summed E-state index contributed by atoms with van der Waals surface area (Å²) in [7, 11) is 1.41. The number of esters is 1. The minimum Gasteiger partial charge on any atom is -0.469 e. The third-order valence-electron chi connectivity index (χ3n) is 3.19. The molecule has 0 amide bonds. The van der Waals surface area contributed by atoms with Crippen molar-refractivity contribution in [1.82, 2.24) is 0 Å². The van der Waals surface area contributed by atoms with Crippen molar-refractivity contribution in [3.8, 4) is 11.8 Å². The number of carbonyl (C=O) groups excluding carboxylic acids is 1. The molecule has 0 unspecified atom stereocenters. The van der Waals surface area contributed by atoms with Crippen LogP contribution in [0.4, 0.5) is 0 Å². The van der Waals surface area contributed by atoms with Gasteiger partial charge < -0.3 is 4.74 Å². The Balaban J connectivity index is 1.92. The van der Waals surface area contributed by atoms with Gasteiger partial charge in [-0.15, -0.1) is 5.92 Å². The van der Waals surface area contributed by atoms with Gasteiger partial charge in [0, 0.05) is 19.3 Å². The normalized spacial score (nSPS) is 9.85. The molecule has 2 aromatic carbocycles. The summed E-state index contributed by atoms with van der Waals surface area (Å²) in [5.74, 6) is 6.14. The summed E-state index contributed by atoms with van der Waals surface area (Å²) in [6.07, 6.45) is 2.69. The van der Waals surface area contributed by atoms with Gasteiger partial charge in [0.05, 0.1) is 7.11 Å². The zero-order valence-electron chi connectivity index (χ0n) is 11.7. The van der Waals surface area contributed by atoms with E-state index in [4.69, 9.17) is 0 Å². The summed E-state index contributed by atoms with van der Waals surface area (Å²) in [6.45, 7) is 0. The van der Waals surface area contributed by atoms with Crippen LogP contribution in [-0.4, -0.2) is 13.1 Å². The van der Waals surface area contributed by atoms with Gasteiger partial charge in [-0.25, -0.2) is 0 Å². The van der Waals surface area contributed by atoms with Gasteiger partial charge in [-0.2, -0.15) is 0 Å². The summed E-state index contributed by atoms with van der Waals surface area (Å²) in [5.41, 5.74) is 1.25. The van der Waals surface area contributed by atoms with Gasteiger partial charge in [0.2, 0.25) is 0 Å². The number of benzene rings is 2. The van der Waals surface area contributed by atoms with Crippen LogP contribution in [0.5, 0.6) is 0 Å². The molecule has 0 spiro atoms. The third-order valence-corrected chi connectivity index (χ3v) is 3.19. The van der Waals surface area contributed by atoms with E-state index < -0.39 is 0 Å². The Morgan fingerprint density at radius 3 is 2.75 bits per heavy atom. The minimum atomic E-state index is -0.166. The van der Waals surface area contributed by atoms with Crippen LogP contribution in [0.15, 0.2) is 42.5 Å². The van der Waals surface area contributed by atoms with Crippen LogP contribution in [0.2, 0.25) is 0 Å². The van der Waals surface area contributed by atoms with Crippen molar-refractivity contribution in [1.29, 1.82) is 0 Å². The highest BCUT2D eigenvalue weighted by molar-refractivity contribution is 5.85. The highest BCUT2D eigenvalue weighted by atomic mass is 16.5. The molecular formula is C18H18O2. The summed E-state index contributed by atoms with van der Waals surface area (Å²) in [4.78, 5) is 10.9. The lowest BCUT2D eigenvalue weighted by Crippen LogP contribution is -1.98. The van der Waals surface area contributed by atoms with E-state index in [9.17, 15) is 4.79 Å². The van der Waals surface area contributed by atoms with Crippen LogP contribution < -0.4 is 0 Å². The van der Waals surface area contributed by atoms with Gasteiger partial charge in [0.25, 0.3) is 0 Å². The second kappa shape index (κ2) is 7.35. The number of fused-ring (bicyclic) bond motifs is 1. The second-order valence-electron chi connectivity index (χ2n) is 4.60. The molecule has 0 bridgehead atoms. The molecule has 2 heteroatoms. The summed E-state index contributed by atoms with van der Waals surface area (Å²) in [5, 5.41) is 2.51. The molecule has 0 aliphatic carbocycles. The molecule has 2 nitrogen and oxygen atoms in total. The summed E-state index contributed by atoms with van der Waals surface area (Å²) < 4.78 is 4.59. The average Bonchev–Trinajstić information content (AvgIpc) is 2.50. The van der Waals surface area contributed by atoms with Gasteiger partial charge >= 0.3 is 5.97 Å². The Labute approximate surface area is 119 Å². The van der Waals surface area contributed by atoms with Crippen LogP contribution in [0, 0.1) is 11.8 Å². The van der Waals surface area contributed by atoms with Crippen LogP contribution in [0.3, 0.4) is 0 Å². The molecule has 0 aromatic heterocycles. The fraction of sp³-hybridized carbons (Fsp3) is 0.278. The van der Waals surface area contributed by atoms with E-state index in [1.807, 2.05) is 6.07 Å². The Hall–Kier alpha value is -2.27. The minimum absolute atomic E-state index is 0.166. The van der Waals surface area contributed by atoms with E-state index in [1.54, 1.807) is 0 Å². The summed E-state index contributed by atoms with van der Waals surface area (Å²) in [6, 6.07) is 14.6. The predicted octanol–water partition coefficient (Wildman–Crippen LogP) is 3.73. The number of carbonyl (C=O) groups is 1. The highest BCUT2D eigenvalue weighted by Gasteiger charge is 1.98. The van der Waals surface area contributed by atoms with Crippen molar-refractivity contribution in [2.75, 3.05) is 7.11 Å². The van der Waals surface area contributed by atoms with Crippen LogP contribution in [0.25, 0.3) is 10.8 Å². The molecule has 0 aliphatic rings. The maximum atomic E-state index is 10.9.